The van der Waals surface area contributed by atoms with E-state index in [1.165, 1.54) is 13.0 Å². The summed E-state index contributed by atoms with van der Waals surface area (Å²) in [6, 6.07) is 3.48. The van der Waals surface area contributed by atoms with Gasteiger partial charge in [-0.3, -0.25) is 4.79 Å². The number of carbonyl (C=O) groups is 2. The summed E-state index contributed by atoms with van der Waals surface area (Å²) in [6.07, 6.45) is 3.14. The Morgan fingerprint density at radius 2 is 2.06 bits per heavy atom. The predicted molar refractivity (Wildman–Crippen MR) is 57.8 cm³/mol. The molecule has 1 aromatic rings. The average Bonchev–Trinajstić information content (AvgIpc) is 2.59. The first kappa shape index (κ1) is 12.0. The Hall–Kier alpha value is -2.04. The largest absolute Gasteiger partial charge is 0.481 e. The molecule has 1 rings (SSSR count). The second-order valence-corrected chi connectivity index (χ2v) is 3.51. The van der Waals surface area contributed by atoms with Gasteiger partial charge in [0.15, 0.2) is 0 Å². The molecule has 0 bridgehead atoms. The molecule has 16 heavy (non-hydrogen) atoms. The number of hydrogen-bond acceptors (Lipinski definition) is 2. The van der Waals surface area contributed by atoms with Gasteiger partial charge in [-0.25, -0.2) is 4.79 Å². The van der Waals surface area contributed by atoms with Gasteiger partial charge in [0.05, 0.1) is 11.5 Å². The van der Waals surface area contributed by atoms with Gasteiger partial charge < -0.3 is 14.8 Å². The van der Waals surface area contributed by atoms with Crippen LogP contribution in [0.25, 0.3) is 6.08 Å². The first-order chi connectivity index (χ1) is 7.43. The number of hydrogen-bond donors (Lipinski definition) is 2. The van der Waals surface area contributed by atoms with Gasteiger partial charge in [0.25, 0.3) is 0 Å². The monoisotopic (exact) mass is 223 g/mol. The molecule has 0 amide bonds. The molecule has 0 fully saturated rings. The minimum atomic E-state index is -1.21. The zero-order valence-corrected chi connectivity index (χ0v) is 9.04. The number of nitrogens with zero attached hydrogens (tertiary/aromatic N) is 1. The highest BCUT2D eigenvalue weighted by atomic mass is 16.4. The zero-order chi connectivity index (χ0) is 12.3. The van der Waals surface area contributed by atoms with Crippen LogP contribution in [-0.4, -0.2) is 26.7 Å². The molecule has 0 radical (unpaired) electrons. The lowest BCUT2D eigenvalue weighted by molar-refractivity contribution is -0.143. The topological polar surface area (TPSA) is 79.5 Å². The van der Waals surface area contributed by atoms with Gasteiger partial charge >= 0.3 is 11.9 Å². The van der Waals surface area contributed by atoms with Crippen molar-refractivity contribution in [3.05, 3.63) is 29.6 Å². The fourth-order valence-corrected chi connectivity index (χ4v) is 1.29. The normalized spacial score (nSPS) is 13.5. The third-order valence-corrected chi connectivity index (χ3v) is 2.37. The second kappa shape index (κ2) is 4.65. The van der Waals surface area contributed by atoms with Gasteiger partial charge in [0.2, 0.25) is 0 Å². The van der Waals surface area contributed by atoms with Crippen molar-refractivity contribution >= 4 is 18.0 Å². The number of aromatic nitrogens is 1. The Morgan fingerprint density at radius 1 is 1.44 bits per heavy atom. The summed E-state index contributed by atoms with van der Waals surface area (Å²) in [5, 5.41) is 17.7. The molecule has 0 saturated carbocycles. The summed E-state index contributed by atoms with van der Waals surface area (Å²) in [6.45, 7) is 1.35. The van der Waals surface area contributed by atoms with E-state index in [1.54, 1.807) is 29.9 Å². The summed E-state index contributed by atoms with van der Waals surface area (Å²) in [7, 11) is 1.76. The van der Waals surface area contributed by atoms with Crippen molar-refractivity contribution in [3.8, 4) is 0 Å². The van der Waals surface area contributed by atoms with Crippen LogP contribution >= 0.6 is 0 Å². The highest BCUT2D eigenvalue weighted by Crippen LogP contribution is 2.16. The van der Waals surface area contributed by atoms with Crippen LogP contribution in [0.15, 0.2) is 23.9 Å². The van der Waals surface area contributed by atoms with Crippen molar-refractivity contribution in [1.29, 1.82) is 0 Å². The molecule has 5 nitrogen and oxygen atoms in total. The predicted octanol–water partition coefficient (Wildman–Crippen LogP) is 1.21. The van der Waals surface area contributed by atoms with Gasteiger partial charge in [-0.1, -0.05) is 0 Å². The lowest BCUT2D eigenvalue weighted by atomic mass is 10.0. The molecule has 1 heterocycles. The Kier molecular flexibility index (Phi) is 3.50. The standard InChI is InChI=1S/C11H13NO4/c1-7(10(13)14)9(11(15)16)6-8-4-3-5-12(8)2/h3-7H,1-2H3,(H,13,14)(H,15,16)/b9-6+. The van der Waals surface area contributed by atoms with Crippen molar-refractivity contribution in [3.63, 3.8) is 0 Å². The summed E-state index contributed by atoms with van der Waals surface area (Å²) in [5.41, 5.74) is 0.528. The lowest BCUT2D eigenvalue weighted by Gasteiger charge is -2.07. The molecular formula is C11H13NO4. The Balaban J connectivity index is 3.13. The van der Waals surface area contributed by atoms with E-state index >= 15 is 0 Å². The molecule has 0 spiro atoms. The number of aliphatic carboxylic acids is 2. The summed E-state index contributed by atoms with van der Waals surface area (Å²) in [4.78, 5) is 21.7. The van der Waals surface area contributed by atoms with Crippen LogP contribution in [0.5, 0.6) is 0 Å². The minimum Gasteiger partial charge on any atom is -0.481 e. The van der Waals surface area contributed by atoms with Gasteiger partial charge in [0.1, 0.15) is 0 Å². The van der Waals surface area contributed by atoms with Gasteiger partial charge in [-0.05, 0) is 25.1 Å². The van der Waals surface area contributed by atoms with Gasteiger partial charge in [0, 0.05) is 18.9 Å². The number of aryl methyl sites for hydroxylation is 1. The Bertz CT molecular complexity index is 445. The SMILES string of the molecule is CC(C(=O)O)/C(=C\c1cccn1C)C(=O)O. The van der Waals surface area contributed by atoms with E-state index < -0.39 is 17.9 Å². The van der Waals surface area contributed by atoms with E-state index in [1.807, 2.05) is 0 Å². The first-order valence-electron chi connectivity index (χ1n) is 4.72. The molecule has 0 saturated heterocycles. The van der Waals surface area contributed by atoms with Crippen LogP contribution in [0.1, 0.15) is 12.6 Å². The minimum absolute atomic E-state index is 0.130. The molecule has 0 aromatic carbocycles. The molecule has 2 N–H and O–H groups in total. The van der Waals surface area contributed by atoms with Crippen LogP contribution in [0, 0.1) is 5.92 Å². The fraction of sp³-hybridized carbons (Fsp3) is 0.273. The van der Waals surface area contributed by atoms with E-state index in [0.717, 1.165) is 0 Å². The molecule has 1 aromatic heterocycles. The third kappa shape index (κ3) is 2.50. The quantitative estimate of drug-likeness (QED) is 0.752. The van der Waals surface area contributed by atoms with Crippen LogP contribution in [0.3, 0.4) is 0 Å². The van der Waals surface area contributed by atoms with Crippen molar-refractivity contribution < 1.29 is 19.8 Å². The smallest absolute Gasteiger partial charge is 0.332 e. The van der Waals surface area contributed by atoms with E-state index in [2.05, 4.69) is 0 Å². The van der Waals surface area contributed by atoms with Crippen molar-refractivity contribution in [1.82, 2.24) is 4.57 Å². The highest BCUT2D eigenvalue weighted by molar-refractivity contribution is 5.97. The summed E-state index contributed by atoms with van der Waals surface area (Å²) >= 11 is 0. The van der Waals surface area contributed by atoms with Gasteiger partial charge in [-0.2, -0.15) is 0 Å². The number of rotatable bonds is 4. The van der Waals surface area contributed by atoms with Crippen LogP contribution in [0.2, 0.25) is 0 Å². The third-order valence-electron chi connectivity index (χ3n) is 2.37. The second-order valence-electron chi connectivity index (χ2n) is 3.51. The van der Waals surface area contributed by atoms with E-state index in [9.17, 15) is 9.59 Å². The molecule has 0 aliphatic carbocycles. The maximum Gasteiger partial charge on any atom is 0.332 e. The number of carboxylic acid groups (broad SMARTS) is 2. The lowest BCUT2D eigenvalue weighted by Crippen LogP contribution is -2.18. The maximum atomic E-state index is 10.9. The first-order valence-corrected chi connectivity index (χ1v) is 4.72. The van der Waals surface area contributed by atoms with Crippen molar-refractivity contribution in [2.24, 2.45) is 13.0 Å². The molecule has 5 heteroatoms. The van der Waals surface area contributed by atoms with Crippen LogP contribution < -0.4 is 0 Å². The molecule has 0 aliphatic heterocycles. The molecular weight excluding hydrogens is 210 g/mol. The van der Waals surface area contributed by atoms with Crippen LogP contribution in [0.4, 0.5) is 0 Å². The fourth-order valence-electron chi connectivity index (χ4n) is 1.29. The summed E-state index contributed by atoms with van der Waals surface area (Å²) < 4.78 is 1.72. The molecule has 1 unspecified atom stereocenters. The number of carboxylic acids is 2. The van der Waals surface area contributed by atoms with Gasteiger partial charge in [-0.15, -0.1) is 0 Å². The van der Waals surface area contributed by atoms with E-state index in [0.29, 0.717) is 5.69 Å². The maximum absolute atomic E-state index is 10.9. The summed E-state index contributed by atoms with van der Waals surface area (Å²) in [5.74, 6) is -3.40. The molecule has 86 valence electrons. The van der Waals surface area contributed by atoms with Crippen molar-refractivity contribution in [2.75, 3.05) is 0 Å². The molecule has 0 aliphatic rings. The Labute approximate surface area is 92.6 Å². The van der Waals surface area contributed by atoms with Crippen molar-refractivity contribution in [2.45, 2.75) is 6.92 Å². The van der Waals surface area contributed by atoms with Crippen LogP contribution in [-0.2, 0) is 16.6 Å². The van der Waals surface area contributed by atoms with E-state index in [4.69, 9.17) is 10.2 Å². The Morgan fingerprint density at radius 3 is 2.44 bits per heavy atom. The highest BCUT2D eigenvalue weighted by Gasteiger charge is 2.22. The average molecular weight is 223 g/mol. The molecule has 1 atom stereocenters. The zero-order valence-electron chi connectivity index (χ0n) is 9.04. The van der Waals surface area contributed by atoms with E-state index in [-0.39, 0.29) is 5.57 Å².